The quantitative estimate of drug-likeness (QED) is 0.321. The molecule has 3 aromatic carbocycles. The molecule has 9 heteroatoms. The van der Waals surface area contributed by atoms with Gasteiger partial charge in [-0.05, 0) is 31.2 Å². The molecule has 4 aromatic rings. The van der Waals surface area contributed by atoms with Gasteiger partial charge in [0.1, 0.15) is 18.1 Å². The number of ether oxygens (including phenoxy) is 2. The molecule has 0 saturated carbocycles. The summed E-state index contributed by atoms with van der Waals surface area (Å²) in [6.07, 6.45) is 0. The van der Waals surface area contributed by atoms with Gasteiger partial charge in [-0.3, -0.25) is 14.4 Å². The van der Waals surface area contributed by atoms with Crippen molar-refractivity contribution in [3.8, 4) is 22.7 Å². The van der Waals surface area contributed by atoms with Crippen LogP contribution in [0.5, 0.6) is 5.75 Å². The number of hydrogen-bond acceptors (Lipinski definition) is 6. The van der Waals surface area contributed by atoms with Crippen molar-refractivity contribution in [2.24, 2.45) is 0 Å². The number of para-hydroxylation sites is 2. The van der Waals surface area contributed by atoms with E-state index in [-0.39, 0.29) is 0 Å². The van der Waals surface area contributed by atoms with Gasteiger partial charge in [-0.2, -0.15) is 5.10 Å². The Kier molecular flexibility index (Phi) is 8.28. The molecule has 0 saturated heterocycles. The van der Waals surface area contributed by atoms with Crippen LogP contribution in [0.25, 0.3) is 16.9 Å². The van der Waals surface area contributed by atoms with Crippen molar-refractivity contribution in [1.29, 1.82) is 0 Å². The maximum absolute atomic E-state index is 12.6. The lowest BCUT2D eigenvalue weighted by Gasteiger charge is -2.11. The monoisotopic (exact) mass is 498 g/mol. The average molecular weight is 499 g/mol. The molecular formula is C28H26N4O5. The van der Waals surface area contributed by atoms with E-state index in [1.54, 1.807) is 35.0 Å². The zero-order chi connectivity index (χ0) is 26.0. The molecule has 0 radical (unpaired) electrons. The minimum atomic E-state index is -0.751. The molecule has 2 amide bonds. The van der Waals surface area contributed by atoms with Gasteiger partial charge in [0, 0.05) is 11.6 Å². The Morgan fingerprint density at radius 3 is 2.30 bits per heavy atom. The zero-order valence-electron chi connectivity index (χ0n) is 20.2. The minimum absolute atomic E-state index is 0.304. The number of rotatable bonds is 10. The number of hydrogen-bond donors (Lipinski definition) is 2. The second kappa shape index (κ2) is 12.2. The first-order valence-electron chi connectivity index (χ1n) is 11.7. The summed E-state index contributed by atoms with van der Waals surface area (Å²) in [5, 5.41) is 9.86. The number of esters is 1. The van der Waals surface area contributed by atoms with Crippen LogP contribution in [-0.2, 0) is 14.3 Å². The predicted molar refractivity (Wildman–Crippen MR) is 139 cm³/mol. The molecule has 0 spiro atoms. The lowest BCUT2D eigenvalue weighted by molar-refractivity contribution is -0.146. The highest BCUT2D eigenvalue weighted by molar-refractivity contribution is 5.98. The van der Waals surface area contributed by atoms with Crippen LogP contribution in [0, 0.1) is 0 Å². The fraction of sp³-hybridized carbons (Fsp3) is 0.143. The van der Waals surface area contributed by atoms with Crippen molar-refractivity contribution in [2.45, 2.75) is 6.92 Å². The molecule has 0 aliphatic carbocycles. The molecule has 0 aliphatic heterocycles. The molecule has 37 heavy (non-hydrogen) atoms. The van der Waals surface area contributed by atoms with Crippen molar-refractivity contribution in [3.05, 3.63) is 96.6 Å². The highest BCUT2D eigenvalue weighted by Gasteiger charge is 2.17. The first kappa shape index (κ1) is 25.2. The number of amides is 2. The van der Waals surface area contributed by atoms with Crippen LogP contribution in [0.4, 0.5) is 5.82 Å². The average Bonchev–Trinajstić information content (AvgIpc) is 3.35. The largest absolute Gasteiger partial charge is 0.493 e. The summed E-state index contributed by atoms with van der Waals surface area (Å²) >= 11 is 0. The van der Waals surface area contributed by atoms with Crippen LogP contribution < -0.4 is 15.4 Å². The number of anilines is 1. The van der Waals surface area contributed by atoms with Crippen LogP contribution in [0.3, 0.4) is 0 Å². The van der Waals surface area contributed by atoms with E-state index in [0.29, 0.717) is 29.4 Å². The summed E-state index contributed by atoms with van der Waals surface area (Å²) in [5.74, 6) is -0.935. The van der Waals surface area contributed by atoms with Crippen LogP contribution in [0.15, 0.2) is 91.0 Å². The number of nitrogens with zero attached hydrogens (tertiary/aromatic N) is 2. The Morgan fingerprint density at radius 2 is 1.57 bits per heavy atom. The van der Waals surface area contributed by atoms with E-state index < -0.39 is 30.9 Å². The second-order valence-electron chi connectivity index (χ2n) is 7.85. The van der Waals surface area contributed by atoms with Gasteiger partial charge >= 0.3 is 5.97 Å². The van der Waals surface area contributed by atoms with Crippen molar-refractivity contribution >= 4 is 23.6 Å². The highest BCUT2D eigenvalue weighted by Crippen LogP contribution is 2.24. The summed E-state index contributed by atoms with van der Waals surface area (Å²) in [6.45, 7) is 1.29. The maximum atomic E-state index is 12.6. The second-order valence-corrected chi connectivity index (χ2v) is 7.85. The molecule has 2 N–H and O–H groups in total. The third-order valence-electron chi connectivity index (χ3n) is 5.24. The lowest BCUT2D eigenvalue weighted by Crippen LogP contribution is -2.32. The standard InChI is InChI=1S/C28H26N4O5/c1-2-36-24-16-10-9-15-22(24)28(35)29-18-27(34)37-19-26(33)30-25-17-23(20-11-5-3-6-12-20)31-32(25)21-13-7-4-8-14-21/h3-17H,2,18-19H2,1H3,(H,29,35)(H,30,33). The van der Waals surface area contributed by atoms with E-state index in [2.05, 4.69) is 15.7 Å². The zero-order valence-corrected chi connectivity index (χ0v) is 20.2. The molecule has 0 bridgehead atoms. The molecule has 188 valence electrons. The Morgan fingerprint density at radius 1 is 0.892 bits per heavy atom. The van der Waals surface area contributed by atoms with Crippen LogP contribution in [0.2, 0.25) is 0 Å². The molecule has 4 rings (SSSR count). The van der Waals surface area contributed by atoms with Gasteiger partial charge in [0.05, 0.1) is 23.6 Å². The number of aromatic nitrogens is 2. The van der Waals surface area contributed by atoms with E-state index >= 15 is 0 Å². The smallest absolute Gasteiger partial charge is 0.325 e. The van der Waals surface area contributed by atoms with Gasteiger partial charge in [-0.25, -0.2) is 4.68 Å². The van der Waals surface area contributed by atoms with Crippen molar-refractivity contribution in [3.63, 3.8) is 0 Å². The Balaban J connectivity index is 1.36. The third kappa shape index (κ3) is 6.61. The number of carbonyl (C=O) groups excluding carboxylic acids is 3. The molecular weight excluding hydrogens is 472 g/mol. The summed E-state index contributed by atoms with van der Waals surface area (Å²) < 4.78 is 12.1. The van der Waals surface area contributed by atoms with E-state index in [1.807, 2.05) is 67.6 Å². The Bertz CT molecular complexity index is 1370. The van der Waals surface area contributed by atoms with Crippen molar-refractivity contribution in [2.75, 3.05) is 25.1 Å². The van der Waals surface area contributed by atoms with E-state index in [0.717, 1.165) is 11.3 Å². The van der Waals surface area contributed by atoms with E-state index in [9.17, 15) is 14.4 Å². The van der Waals surface area contributed by atoms with Crippen LogP contribution >= 0.6 is 0 Å². The molecule has 1 aromatic heterocycles. The van der Waals surface area contributed by atoms with Gasteiger partial charge in [-0.1, -0.05) is 60.7 Å². The summed E-state index contributed by atoms with van der Waals surface area (Å²) in [6, 6.07) is 27.4. The number of benzene rings is 3. The first-order chi connectivity index (χ1) is 18.0. The molecule has 0 aliphatic rings. The fourth-order valence-corrected chi connectivity index (χ4v) is 3.55. The van der Waals surface area contributed by atoms with Gasteiger partial charge in [0.2, 0.25) is 0 Å². The maximum Gasteiger partial charge on any atom is 0.325 e. The topological polar surface area (TPSA) is 112 Å². The minimum Gasteiger partial charge on any atom is -0.493 e. The lowest BCUT2D eigenvalue weighted by atomic mass is 10.2. The number of carbonyl (C=O) groups is 3. The highest BCUT2D eigenvalue weighted by atomic mass is 16.5. The van der Waals surface area contributed by atoms with Gasteiger partial charge in [0.25, 0.3) is 11.8 Å². The summed E-state index contributed by atoms with van der Waals surface area (Å²) in [4.78, 5) is 37.2. The molecule has 0 fully saturated rings. The fourth-order valence-electron chi connectivity index (χ4n) is 3.55. The molecule has 1 heterocycles. The van der Waals surface area contributed by atoms with Crippen LogP contribution in [-0.4, -0.2) is 47.3 Å². The summed E-state index contributed by atoms with van der Waals surface area (Å²) in [5.41, 5.74) is 2.62. The van der Waals surface area contributed by atoms with Gasteiger partial charge < -0.3 is 20.1 Å². The number of nitrogens with one attached hydrogen (secondary N) is 2. The van der Waals surface area contributed by atoms with Gasteiger partial charge in [0.15, 0.2) is 6.61 Å². The first-order valence-corrected chi connectivity index (χ1v) is 11.7. The van der Waals surface area contributed by atoms with E-state index in [1.165, 1.54) is 0 Å². The normalized spacial score (nSPS) is 10.4. The third-order valence-corrected chi connectivity index (χ3v) is 5.24. The summed E-state index contributed by atoms with van der Waals surface area (Å²) in [7, 11) is 0. The molecule has 0 atom stereocenters. The SMILES string of the molecule is CCOc1ccccc1C(=O)NCC(=O)OCC(=O)Nc1cc(-c2ccccc2)nn1-c1ccccc1. The predicted octanol–water partition coefficient (Wildman–Crippen LogP) is 3.85. The van der Waals surface area contributed by atoms with Gasteiger partial charge in [-0.15, -0.1) is 0 Å². The van der Waals surface area contributed by atoms with E-state index in [4.69, 9.17) is 9.47 Å². The van der Waals surface area contributed by atoms with Crippen molar-refractivity contribution < 1.29 is 23.9 Å². The Hall–Kier alpha value is -4.92. The Labute approximate surface area is 214 Å². The van der Waals surface area contributed by atoms with Crippen LogP contribution in [0.1, 0.15) is 17.3 Å². The molecule has 0 unspecified atom stereocenters. The molecule has 9 nitrogen and oxygen atoms in total. The van der Waals surface area contributed by atoms with Crippen molar-refractivity contribution in [1.82, 2.24) is 15.1 Å².